The molecule has 1 aromatic heterocycles. The summed E-state index contributed by atoms with van der Waals surface area (Å²) in [5.74, 6) is 0. The van der Waals surface area contributed by atoms with Gasteiger partial charge in [-0.25, -0.2) is 4.98 Å². The van der Waals surface area contributed by atoms with Crippen molar-refractivity contribution >= 4 is 22.5 Å². The summed E-state index contributed by atoms with van der Waals surface area (Å²) in [6, 6.07) is 27.7. The van der Waals surface area contributed by atoms with Crippen molar-refractivity contribution in [1.29, 1.82) is 5.26 Å². The lowest BCUT2D eigenvalue weighted by Gasteiger charge is -2.11. The van der Waals surface area contributed by atoms with Crippen LogP contribution in [0.4, 0.5) is 0 Å². The van der Waals surface area contributed by atoms with Crippen LogP contribution in [0, 0.1) is 11.3 Å². The third-order valence-electron chi connectivity index (χ3n) is 4.17. The topological polar surface area (TPSA) is 36.7 Å². The Kier molecular flexibility index (Phi) is 5.23. The minimum absolute atomic E-state index is 0. The predicted octanol–water partition coefficient (Wildman–Crippen LogP) is 3.10. The second-order valence-corrected chi connectivity index (χ2v) is 6.21. The van der Waals surface area contributed by atoms with Crippen LogP contribution < -0.4 is 12.4 Å². The van der Waals surface area contributed by atoms with Crippen molar-refractivity contribution in [2.45, 2.75) is 0 Å². The maximum absolute atomic E-state index is 8.98. The van der Waals surface area contributed by atoms with Crippen LogP contribution in [0.1, 0.15) is 5.56 Å². The Morgan fingerprint density at radius 3 is 2.23 bits per heavy atom. The molecule has 3 aromatic carbocycles. The van der Waals surface area contributed by atoms with Crippen LogP contribution in [0.2, 0.25) is 5.02 Å². The number of halogens is 2. The number of rotatable bonds is 2. The molecule has 26 heavy (non-hydrogen) atoms. The zero-order chi connectivity index (χ0) is 17.2. The van der Waals surface area contributed by atoms with Crippen LogP contribution in [-0.4, -0.2) is 4.98 Å². The van der Waals surface area contributed by atoms with Gasteiger partial charge in [0.2, 0.25) is 0 Å². The van der Waals surface area contributed by atoms with E-state index in [2.05, 4.69) is 24.3 Å². The first-order valence-electron chi connectivity index (χ1n) is 7.91. The average molecular weight is 376 g/mol. The van der Waals surface area contributed by atoms with E-state index in [4.69, 9.17) is 21.8 Å². The second kappa shape index (κ2) is 7.58. The summed E-state index contributed by atoms with van der Waals surface area (Å²) in [7, 11) is 0. The monoisotopic (exact) mass is 375 g/mol. The van der Waals surface area contributed by atoms with E-state index in [0.717, 1.165) is 33.3 Å². The van der Waals surface area contributed by atoms with E-state index in [1.807, 2.05) is 60.7 Å². The first kappa shape index (κ1) is 17.9. The molecular weight excluding hydrogens is 363 g/mol. The third-order valence-corrected chi connectivity index (χ3v) is 4.40. The molecule has 4 rings (SSSR count). The minimum atomic E-state index is 0. The Balaban J connectivity index is 0.00000196. The summed E-state index contributed by atoms with van der Waals surface area (Å²) in [5.41, 5.74) is 5.59. The third kappa shape index (κ3) is 3.41. The molecule has 4 heteroatoms. The fraction of sp³-hybridized carbons (Fsp3) is 0. The number of hydrogen-bond donors (Lipinski definition) is 0. The highest BCUT2D eigenvalue weighted by molar-refractivity contribution is 6.31. The van der Waals surface area contributed by atoms with E-state index in [9.17, 15) is 0 Å². The Morgan fingerprint density at radius 2 is 1.54 bits per heavy atom. The highest BCUT2D eigenvalue weighted by atomic mass is 35.5. The highest BCUT2D eigenvalue weighted by Crippen LogP contribution is 2.33. The number of aromatic nitrogens is 1. The molecule has 0 spiro atoms. The second-order valence-electron chi connectivity index (χ2n) is 5.77. The number of pyridine rings is 1. The average Bonchev–Trinajstić information content (AvgIpc) is 2.68. The van der Waals surface area contributed by atoms with Gasteiger partial charge in [-0.2, -0.15) is 5.26 Å². The Morgan fingerprint density at radius 1 is 0.808 bits per heavy atom. The first-order chi connectivity index (χ1) is 12.2. The molecule has 0 amide bonds. The molecule has 0 N–H and O–H groups in total. The lowest BCUT2D eigenvalue weighted by atomic mass is 9.98. The molecule has 0 saturated carbocycles. The summed E-state index contributed by atoms with van der Waals surface area (Å²) < 4.78 is 0. The summed E-state index contributed by atoms with van der Waals surface area (Å²) in [6.45, 7) is 0. The van der Waals surface area contributed by atoms with Gasteiger partial charge in [-0.15, -0.1) is 0 Å². The van der Waals surface area contributed by atoms with Gasteiger partial charge in [0, 0.05) is 16.0 Å². The van der Waals surface area contributed by atoms with Crippen LogP contribution in [-0.2, 0) is 0 Å². The fourth-order valence-electron chi connectivity index (χ4n) is 2.92. The smallest absolute Gasteiger partial charge is 0.0991 e. The van der Waals surface area contributed by atoms with Crippen molar-refractivity contribution in [3.63, 3.8) is 0 Å². The van der Waals surface area contributed by atoms with Crippen LogP contribution in [0.15, 0.2) is 78.9 Å². The van der Waals surface area contributed by atoms with Crippen molar-refractivity contribution < 1.29 is 12.4 Å². The van der Waals surface area contributed by atoms with E-state index in [1.165, 1.54) is 0 Å². The van der Waals surface area contributed by atoms with E-state index < -0.39 is 0 Å². The van der Waals surface area contributed by atoms with Crippen molar-refractivity contribution in [3.05, 3.63) is 89.4 Å². The van der Waals surface area contributed by atoms with Crippen molar-refractivity contribution in [3.8, 4) is 28.5 Å². The summed E-state index contributed by atoms with van der Waals surface area (Å²) in [5, 5.41) is 10.7. The van der Waals surface area contributed by atoms with Gasteiger partial charge in [0.15, 0.2) is 0 Å². The van der Waals surface area contributed by atoms with Gasteiger partial charge in [0.25, 0.3) is 0 Å². The number of hydrogen-bond acceptors (Lipinski definition) is 2. The van der Waals surface area contributed by atoms with Crippen molar-refractivity contribution in [2.24, 2.45) is 0 Å². The summed E-state index contributed by atoms with van der Waals surface area (Å²) in [4.78, 5) is 4.79. The number of fused-ring (bicyclic) bond motifs is 1. The molecule has 0 aliphatic heterocycles. The maximum Gasteiger partial charge on any atom is 0.0991 e. The predicted molar refractivity (Wildman–Crippen MR) is 102 cm³/mol. The maximum atomic E-state index is 8.98. The fourth-order valence-corrected chi connectivity index (χ4v) is 3.09. The van der Waals surface area contributed by atoms with E-state index in [0.29, 0.717) is 10.6 Å². The molecule has 1 heterocycles. The molecule has 0 fully saturated rings. The van der Waals surface area contributed by atoms with Gasteiger partial charge in [-0.05, 0) is 47.5 Å². The Bertz CT molecular complexity index is 1100. The molecule has 0 aliphatic rings. The number of nitriles is 1. The van der Waals surface area contributed by atoms with Crippen molar-refractivity contribution in [2.75, 3.05) is 0 Å². The molecule has 126 valence electrons. The number of nitrogens with zero attached hydrogens (tertiary/aromatic N) is 2. The lowest BCUT2D eigenvalue weighted by molar-refractivity contribution is -0.00000499. The van der Waals surface area contributed by atoms with Gasteiger partial charge in [-0.1, -0.05) is 54.1 Å². The van der Waals surface area contributed by atoms with Gasteiger partial charge >= 0.3 is 0 Å². The SMILES string of the molecule is N#Cc1ccc(-c2cc(-c3ccccc3)c3cc(Cl)ccc3n2)cc1.[Cl-]. The standard InChI is InChI=1S/C22H13ClN2.ClH/c23-18-10-11-21-20(12-18)19(16-4-2-1-3-5-16)13-22(25-21)17-8-6-15(14-24)7-9-17;/h1-13H;1H/p-1. The molecule has 0 radical (unpaired) electrons. The molecule has 0 aliphatic carbocycles. The van der Waals surface area contributed by atoms with Gasteiger partial charge < -0.3 is 12.4 Å². The summed E-state index contributed by atoms with van der Waals surface area (Å²) in [6.07, 6.45) is 0. The summed E-state index contributed by atoms with van der Waals surface area (Å²) >= 11 is 6.21. The Hall–Kier alpha value is -2.86. The molecule has 0 unspecified atom stereocenters. The first-order valence-corrected chi connectivity index (χ1v) is 8.29. The minimum Gasteiger partial charge on any atom is -1.00 e. The van der Waals surface area contributed by atoms with Crippen molar-refractivity contribution in [1.82, 2.24) is 4.98 Å². The Labute approximate surface area is 163 Å². The molecule has 0 saturated heterocycles. The molecule has 0 atom stereocenters. The molecule has 4 aromatic rings. The largest absolute Gasteiger partial charge is 1.00 e. The quantitative estimate of drug-likeness (QED) is 0.539. The zero-order valence-corrected chi connectivity index (χ0v) is 15.2. The normalized spacial score (nSPS) is 10.2. The van der Waals surface area contributed by atoms with Crippen LogP contribution >= 0.6 is 11.6 Å². The molecular formula is C22H13Cl2N2-. The highest BCUT2D eigenvalue weighted by Gasteiger charge is 2.10. The van der Waals surface area contributed by atoms with Crippen LogP contribution in [0.3, 0.4) is 0 Å². The van der Waals surface area contributed by atoms with Gasteiger partial charge in [-0.3, -0.25) is 0 Å². The van der Waals surface area contributed by atoms with Crippen LogP contribution in [0.5, 0.6) is 0 Å². The van der Waals surface area contributed by atoms with Gasteiger partial charge in [0.05, 0.1) is 22.8 Å². The van der Waals surface area contributed by atoms with Crippen LogP contribution in [0.25, 0.3) is 33.3 Å². The van der Waals surface area contributed by atoms with E-state index in [-0.39, 0.29) is 12.4 Å². The lowest BCUT2D eigenvalue weighted by Crippen LogP contribution is -3.00. The zero-order valence-electron chi connectivity index (χ0n) is 13.7. The number of benzene rings is 3. The molecule has 2 nitrogen and oxygen atoms in total. The van der Waals surface area contributed by atoms with Gasteiger partial charge in [0.1, 0.15) is 0 Å². The van der Waals surface area contributed by atoms with E-state index in [1.54, 1.807) is 0 Å². The van der Waals surface area contributed by atoms with E-state index >= 15 is 0 Å². The molecule has 0 bridgehead atoms.